The highest BCUT2D eigenvalue weighted by molar-refractivity contribution is 9.10. The smallest absolute Gasteiger partial charge is 0.276 e. The molecule has 0 unspecified atom stereocenters. The lowest BCUT2D eigenvalue weighted by Gasteiger charge is -2.34. The summed E-state index contributed by atoms with van der Waals surface area (Å²) >= 11 is 4.85. The number of thioether (sulfide) groups is 1. The largest absolute Gasteiger partial charge is 0.497 e. The Morgan fingerprint density at radius 3 is 2.88 bits per heavy atom. The molecule has 1 amide bonds. The normalized spacial score (nSPS) is 18.3. The second-order valence-corrected chi connectivity index (χ2v) is 7.41. The number of rotatable bonds is 2. The monoisotopic (exact) mass is 430 g/mol. The number of methoxy groups -OCH3 is 1. The van der Waals surface area contributed by atoms with Crippen molar-refractivity contribution in [2.75, 3.05) is 13.4 Å². The molecule has 0 bridgehead atoms. The number of hydrazone groups is 1. The van der Waals surface area contributed by atoms with E-state index in [1.807, 2.05) is 48.7 Å². The second kappa shape index (κ2) is 6.77. The zero-order chi connectivity index (χ0) is 18.3. The molecule has 1 atom stereocenters. The van der Waals surface area contributed by atoms with E-state index < -0.39 is 6.17 Å². The molecular weight excluding hydrogens is 416 g/mol. The fourth-order valence-electron chi connectivity index (χ4n) is 2.96. The van der Waals surface area contributed by atoms with Crippen molar-refractivity contribution in [2.24, 2.45) is 10.1 Å². The zero-order valence-corrected chi connectivity index (χ0v) is 16.5. The van der Waals surface area contributed by atoms with Crippen LogP contribution in [0.2, 0.25) is 0 Å². The molecule has 1 N–H and O–H groups in total. The number of hydrogen-bond acceptors (Lipinski definition) is 6. The minimum atomic E-state index is -0.443. The van der Waals surface area contributed by atoms with Crippen molar-refractivity contribution >= 4 is 44.5 Å². The first-order chi connectivity index (χ1) is 12.6. The van der Waals surface area contributed by atoms with Gasteiger partial charge in [-0.25, -0.2) is 5.01 Å². The summed E-state index contributed by atoms with van der Waals surface area (Å²) in [6.45, 7) is 0. The molecule has 2 aliphatic rings. The lowest BCUT2D eigenvalue weighted by Crippen LogP contribution is -2.50. The predicted molar refractivity (Wildman–Crippen MR) is 105 cm³/mol. The first-order valence-corrected chi connectivity index (χ1v) is 9.87. The van der Waals surface area contributed by atoms with Crippen molar-refractivity contribution in [3.8, 4) is 5.75 Å². The molecule has 0 fully saturated rings. The fraction of sp³-hybridized carbons (Fsp3) is 0.167. The predicted octanol–water partition coefficient (Wildman–Crippen LogP) is 1.96. The number of carbonyl (C=O) groups is 1. The molecule has 0 aromatic heterocycles. The Kier molecular flexibility index (Phi) is 4.46. The van der Waals surface area contributed by atoms with E-state index in [-0.39, 0.29) is 5.91 Å². The molecule has 132 valence electrons. The number of carbonyl (C=O) groups excluding carboxylic acids is 1. The van der Waals surface area contributed by atoms with E-state index in [9.17, 15) is 4.79 Å². The summed E-state index contributed by atoms with van der Waals surface area (Å²) in [7, 11) is 1.62. The Morgan fingerprint density at radius 2 is 2.12 bits per heavy atom. The maximum Gasteiger partial charge on any atom is 0.276 e. The first kappa shape index (κ1) is 17.1. The van der Waals surface area contributed by atoms with Crippen molar-refractivity contribution in [1.29, 1.82) is 0 Å². The molecule has 2 aliphatic heterocycles. The molecule has 26 heavy (non-hydrogen) atoms. The third kappa shape index (κ3) is 2.89. The van der Waals surface area contributed by atoms with Gasteiger partial charge in [0.15, 0.2) is 11.3 Å². The van der Waals surface area contributed by atoms with Gasteiger partial charge in [-0.3, -0.25) is 15.1 Å². The number of nitrogens with zero attached hydrogens (tertiary/aromatic N) is 3. The average Bonchev–Trinajstić information content (AvgIpc) is 2.67. The van der Waals surface area contributed by atoms with Crippen LogP contribution in [-0.4, -0.2) is 29.4 Å². The van der Waals surface area contributed by atoms with Gasteiger partial charge in [-0.1, -0.05) is 39.8 Å². The number of amides is 1. The lowest BCUT2D eigenvalue weighted by molar-refractivity contribution is -0.116. The van der Waals surface area contributed by atoms with Crippen LogP contribution in [0.25, 0.3) is 5.70 Å². The molecule has 2 heterocycles. The van der Waals surface area contributed by atoms with Crippen LogP contribution in [-0.2, 0) is 4.79 Å². The Bertz CT molecular complexity index is 1050. The third-order valence-corrected chi connectivity index (χ3v) is 5.22. The Balaban J connectivity index is 1.98. The summed E-state index contributed by atoms with van der Waals surface area (Å²) < 4.78 is 6.22. The molecule has 0 saturated carbocycles. The van der Waals surface area contributed by atoms with Crippen molar-refractivity contribution < 1.29 is 9.53 Å². The summed E-state index contributed by atoms with van der Waals surface area (Å²) in [5, 5.41) is 11.2. The minimum Gasteiger partial charge on any atom is -0.497 e. The summed E-state index contributed by atoms with van der Waals surface area (Å²) in [6, 6.07) is 13.4. The Hall–Kier alpha value is -2.32. The van der Waals surface area contributed by atoms with Gasteiger partial charge in [-0.05, 0) is 36.6 Å². The molecule has 2 aromatic carbocycles. The molecular formula is C18H15BrN4O2S. The van der Waals surface area contributed by atoms with Crippen LogP contribution in [0.1, 0.15) is 11.7 Å². The van der Waals surface area contributed by atoms with Gasteiger partial charge in [0.2, 0.25) is 0 Å². The van der Waals surface area contributed by atoms with Gasteiger partial charge in [0.05, 0.1) is 12.5 Å². The number of amidine groups is 1. The summed E-state index contributed by atoms with van der Waals surface area (Å²) in [6.07, 6.45) is 1.43. The average molecular weight is 431 g/mol. The quantitative estimate of drug-likeness (QED) is 0.790. The van der Waals surface area contributed by atoms with Gasteiger partial charge in [-0.15, -0.1) is 5.10 Å². The van der Waals surface area contributed by atoms with Crippen molar-refractivity contribution in [3.63, 3.8) is 0 Å². The second-order valence-electron chi connectivity index (χ2n) is 5.70. The number of fused-ring (bicyclic) bond motifs is 2. The summed E-state index contributed by atoms with van der Waals surface area (Å²) in [4.78, 5) is 17.7. The van der Waals surface area contributed by atoms with Crippen molar-refractivity contribution in [1.82, 2.24) is 10.3 Å². The van der Waals surface area contributed by atoms with E-state index in [0.29, 0.717) is 10.9 Å². The van der Waals surface area contributed by atoms with E-state index >= 15 is 0 Å². The van der Waals surface area contributed by atoms with Crippen LogP contribution in [0.4, 0.5) is 0 Å². The maximum absolute atomic E-state index is 12.8. The lowest BCUT2D eigenvalue weighted by atomic mass is 10.1. The highest BCUT2D eigenvalue weighted by atomic mass is 79.9. The number of ether oxygens (including phenoxy) is 1. The number of halogens is 1. The SMILES string of the molecule is COc1cccc([C@H]2N=c3ccc(Br)cc3=C3C(=O)NC(SC)=NN32)c1. The summed E-state index contributed by atoms with van der Waals surface area (Å²) in [5.74, 6) is 0.544. The van der Waals surface area contributed by atoms with Gasteiger partial charge in [0.25, 0.3) is 5.91 Å². The van der Waals surface area contributed by atoms with Gasteiger partial charge in [0.1, 0.15) is 11.4 Å². The molecule has 8 heteroatoms. The minimum absolute atomic E-state index is 0.188. The molecule has 0 radical (unpaired) electrons. The zero-order valence-electron chi connectivity index (χ0n) is 14.1. The molecule has 2 aromatic rings. The van der Waals surface area contributed by atoms with Crippen LogP contribution >= 0.6 is 27.7 Å². The highest BCUT2D eigenvalue weighted by Crippen LogP contribution is 2.32. The van der Waals surface area contributed by atoms with Crippen LogP contribution < -0.4 is 20.6 Å². The van der Waals surface area contributed by atoms with Gasteiger partial charge in [-0.2, -0.15) is 0 Å². The highest BCUT2D eigenvalue weighted by Gasteiger charge is 2.34. The van der Waals surface area contributed by atoms with Crippen LogP contribution in [0, 0.1) is 0 Å². The van der Waals surface area contributed by atoms with E-state index in [4.69, 9.17) is 9.73 Å². The molecule has 0 aliphatic carbocycles. The summed E-state index contributed by atoms with van der Waals surface area (Å²) in [5.41, 5.74) is 1.39. The fourth-order valence-corrected chi connectivity index (χ4v) is 3.69. The van der Waals surface area contributed by atoms with Crippen LogP contribution in [0.15, 0.2) is 57.0 Å². The Labute approximate surface area is 162 Å². The van der Waals surface area contributed by atoms with Gasteiger partial charge in [0, 0.05) is 15.3 Å². The van der Waals surface area contributed by atoms with Crippen LogP contribution in [0.5, 0.6) is 5.75 Å². The molecule has 6 nitrogen and oxygen atoms in total. The van der Waals surface area contributed by atoms with Crippen molar-refractivity contribution in [3.05, 3.63) is 63.1 Å². The van der Waals surface area contributed by atoms with E-state index in [0.717, 1.165) is 26.4 Å². The van der Waals surface area contributed by atoms with E-state index in [2.05, 4.69) is 26.3 Å². The number of nitrogens with one attached hydrogen (secondary N) is 1. The maximum atomic E-state index is 12.8. The first-order valence-electron chi connectivity index (χ1n) is 7.85. The Morgan fingerprint density at radius 1 is 1.27 bits per heavy atom. The number of hydrogen-bond donors (Lipinski definition) is 1. The van der Waals surface area contributed by atoms with Crippen molar-refractivity contribution in [2.45, 2.75) is 6.17 Å². The molecule has 4 rings (SSSR count). The van der Waals surface area contributed by atoms with Gasteiger partial charge < -0.3 is 4.74 Å². The standard InChI is InChI=1S/C18H15BrN4O2S/c1-25-12-5-3-4-10(8-12)16-20-14-7-6-11(19)9-13(14)15-17(24)21-18(26-2)22-23(15)16/h3-9,16H,1-2H3,(H,21,22,24)/t16-/m0/s1. The van der Waals surface area contributed by atoms with E-state index in [1.54, 1.807) is 12.1 Å². The topological polar surface area (TPSA) is 66.3 Å². The number of benzene rings is 2. The van der Waals surface area contributed by atoms with Crippen LogP contribution in [0.3, 0.4) is 0 Å². The molecule has 0 saturated heterocycles. The third-order valence-electron chi connectivity index (χ3n) is 4.16. The van der Waals surface area contributed by atoms with E-state index in [1.165, 1.54) is 11.8 Å². The molecule has 0 spiro atoms. The van der Waals surface area contributed by atoms with Gasteiger partial charge >= 0.3 is 0 Å².